The number of aromatic nitrogens is 1. The highest BCUT2D eigenvalue weighted by atomic mass is 16.5. The molecule has 0 saturated heterocycles. The van der Waals surface area contributed by atoms with Crippen LogP contribution in [0.25, 0.3) is 5.69 Å². The predicted octanol–water partition coefficient (Wildman–Crippen LogP) is 1.42. The van der Waals surface area contributed by atoms with Crippen molar-refractivity contribution < 1.29 is 24.2 Å². The van der Waals surface area contributed by atoms with Crippen LogP contribution in [0.5, 0.6) is 5.75 Å². The van der Waals surface area contributed by atoms with Crippen molar-refractivity contribution in [2.45, 2.75) is 26.8 Å². The van der Waals surface area contributed by atoms with Crippen LogP contribution >= 0.6 is 0 Å². The fourth-order valence-electron chi connectivity index (χ4n) is 2.78. The van der Waals surface area contributed by atoms with Crippen molar-refractivity contribution in [3.8, 4) is 11.4 Å². The number of carbonyl (C=O) groups is 3. The van der Waals surface area contributed by atoms with Gasteiger partial charge < -0.3 is 25.0 Å². The Bertz CT molecular complexity index is 855. The van der Waals surface area contributed by atoms with E-state index in [4.69, 9.17) is 9.84 Å². The van der Waals surface area contributed by atoms with Crippen molar-refractivity contribution in [2.24, 2.45) is 0 Å². The zero-order valence-corrected chi connectivity index (χ0v) is 15.7. The number of nitrogens with zero attached hydrogens (tertiary/aromatic N) is 1. The van der Waals surface area contributed by atoms with E-state index in [1.165, 1.54) is 6.92 Å². The van der Waals surface area contributed by atoms with Gasteiger partial charge in [-0.1, -0.05) is 0 Å². The molecule has 2 aromatic rings. The van der Waals surface area contributed by atoms with Crippen molar-refractivity contribution in [1.82, 2.24) is 15.2 Å². The minimum atomic E-state index is -1.15. The molecular weight excluding hydrogens is 350 g/mol. The molecule has 1 atom stereocenters. The molecule has 27 heavy (non-hydrogen) atoms. The van der Waals surface area contributed by atoms with Gasteiger partial charge >= 0.3 is 5.97 Å². The largest absolute Gasteiger partial charge is 0.497 e. The molecule has 0 spiro atoms. The van der Waals surface area contributed by atoms with E-state index in [0.29, 0.717) is 5.56 Å². The van der Waals surface area contributed by atoms with E-state index in [1.54, 1.807) is 13.2 Å². The topological polar surface area (TPSA) is 110 Å². The SMILES string of the molecule is COc1ccc(-n2c(C)cc(C(=O)NC(C)C(=O)NCC(=O)O)c2C)cc1. The smallest absolute Gasteiger partial charge is 0.322 e. The van der Waals surface area contributed by atoms with E-state index < -0.39 is 30.4 Å². The Hall–Kier alpha value is -3.29. The molecule has 0 fully saturated rings. The average molecular weight is 373 g/mol. The Morgan fingerprint density at radius 1 is 1.19 bits per heavy atom. The highest BCUT2D eigenvalue weighted by Crippen LogP contribution is 2.22. The molecule has 0 aliphatic rings. The summed E-state index contributed by atoms with van der Waals surface area (Å²) in [5.74, 6) is -1.37. The molecule has 1 heterocycles. The Balaban J connectivity index is 2.18. The van der Waals surface area contributed by atoms with Gasteiger partial charge in [0.1, 0.15) is 18.3 Å². The van der Waals surface area contributed by atoms with Gasteiger partial charge in [-0.15, -0.1) is 0 Å². The lowest BCUT2D eigenvalue weighted by atomic mass is 10.2. The quantitative estimate of drug-likeness (QED) is 0.680. The molecule has 3 N–H and O–H groups in total. The summed E-state index contributed by atoms with van der Waals surface area (Å²) in [5, 5.41) is 13.4. The first-order valence-electron chi connectivity index (χ1n) is 8.38. The molecule has 0 aliphatic carbocycles. The van der Waals surface area contributed by atoms with E-state index >= 15 is 0 Å². The van der Waals surface area contributed by atoms with Crippen LogP contribution in [0.1, 0.15) is 28.7 Å². The van der Waals surface area contributed by atoms with Crippen molar-refractivity contribution in [3.63, 3.8) is 0 Å². The lowest BCUT2D eigenvalue weighted by molar-refractivity contribution is -0.138. The number of rotatable bonds is 7. The van der Waals surface area contributed by atoms with Gasteiger partial charge in [0.25, 0.3) is 5.91 Å². The normalized spacial score (nSPS) is 11.6. The molecule has 2 amide bonds. The maximum atomic E-state index is 12.6. The lowest BCUT2D eigenvalue weighted by Crippen LogP contribution is -2.46. The van der Waals surface area contributed by atoms with Crippen molar-refractivity contribution in [1.29, 1.82) is 0 Å². The summed E-state index contributed by atoms with van der Waals surface area (Å²) in [6.45, 7) is 4.71. The number of nitrogens with one attached hydrogen (secondary N) is 2. The first kappa shape index (κ1) is 20.0. The number of carboxylic acid groups (broad SMARTS) is 1. The van der Waals surface area contributed by atoms with Crippen LogP contribution < -0.4 is 15.4 Å². The minimum absolute atomic E-state index is 0.402. The van der Waals surface area contributed by atoms with Crippen LogP contribution in [0.4, 0.5) is 0 Å². The molecule has 144 valence electrons. The lowest BCUT2D eigenvalue weighted by Gasteiger charge is -2.14. The second kappa shape index (κ2) is 8.39. The third-order valence-electron chi connectivity index (χ3n) is 4.16. The molecule has 8 heteroatoms. The van der Waals surface area contributed by atoms with E-state index in [2.05, 4.69) is 10.6 Å². The Labute approximate surface area is 157 Å². The summed E-state index contributed by atoms with van der Waals surface area (Å²) in [6, 6.07) is 8.34. The Kier molecular flexibility index (Phi) is 6.23. The molecule has 0 bridgehead atoms. The molecule has 1 unspecified atom stereocenters. The fraction of sp³-hybridized carbons (Fsp3) is 0.316. The van der Waals surface area contributed by atoms with E-state index in [0.717, 1.165) is 22.8 Å². The van der Waals surface area contributed by atoms with Crippen LogP contribution in [0.2, 0.25) is 0 Å². The summed E-state index contributed by atoms with van der Waals surface area (Å²) in [6.07, 6.45) is 0. The van der Waals surface area contributed by atoms with Gasteiger partial charge in [0.2, 0.25) is 5.91 Å². The number of hydrogen-bond acceptors (Lipinski definition) is 4. The Morgan fingerprint density at radius 2 is 1.81 bits per heavy atom. The highest BCUT2D eigenvalue weighted by molar-refractivity contribution is 5.99. The van der Waals surface area contributed by atoms with Crippen LogP contribution in [0, 0.1) is 13.8 Å². The molecular formula is C19H23N3O5. The monoisotopic (exact) mass is 373 g/mol. The van der Waals surface area contributed by atoms with E-state index in [9.17, 15) is 14.4 Å². The van der Waals surface area contributed by atoms with Crippen LogP contribution in [-0.2, 0) is 9.59 Å². The number of aryl methyl sites for hydroxylation is 1. The summed E-state index contributed by atoms with van der Waals surface area (Å²) < 4.78 is 7.10. The summed E-state index contributed by atoms with van der Waals surface area (Å²) in [4.78, 5) is 34.9. The molecule has 0 saturated carbocycles. The van der Waals surface area contributed by atoms with Crippen molar-refractivity contribution in [3.05, 3.63) is 47.3 Å². The van der Waals surface area contributed by atoms with Gasteiger partial charge in [-0.2, -0.15) is 0 Å². The fourth-order valence-corrected chi connectivity index (χ4v) is 2.78. The minimum Gasteiger partial charge on any atom is -0.497 e. The number of carboxylic acids is 1. The third kappa shape index (κ3) is 4.66. The molecule has 0 radical (unpaired) electrons. The summed E-state index contributed by atoms with van der Waals surface area (Å²) in [5.41, 5.74) is 2.93. The number of hydrogen-bond donors (Lipinski definition) is 3. The first-order valence-corrected chi connectivity index (χ1v) is 8.38. The number of aliphatic carboxylic acids is 1. The molecule has 1 aromatic heterocycles. The summed E-state index contributed by atoms with van der Waals surface area (Å²) in [7, 11) is 1.59. The van der Waals surface area contributed by atoms with Gasteiger partial charge in [-0.25, -0.2) is 0 Å². The van der Waals surface area contributed by atoms with E-state index in [1.807, 2.05) is 42.7 Å². The van der Waals surface area contributed by atoms with Crippen molar-refractivity contribution >= 4 is 17.8 Å². The molecule has 0 aliphatic heterocycles. The highest BCUT2D eigenvalue weighted by Gasteiger charge is 2.21. The third-order valence-corrected chi connectivity index (χ3v) is 4.16. The number of ether oxygens (including phenoxy) is 1. The second-order valence-corrected chi connectivity index (χ2v) is 6.12. The van der Waals surface area contributed by atoms with Crippen molar-refractivity contribution in [2.75, 3.05) is 13.7 Å². The zero-order valence-electron chi connectivity index (χ0n) is 15.7. The number of benzene rings is 1. The van der Waals surface area contributed by atoms with Gasteiger partial charge in [-0.3, -0.25) is 14.4 Å². The standard InChI is InChI=1S/C19H23N3O5/c1-11-9-16(19(26)21-12(2)18(25)20-10-17(23)24)13(3)22(11)14-5-7-15(27-4)8-6-14/h5-9,12H,10H2,1-4H3,(H,20,25)(H,21,26)(H,23,24). The zero-order chi connectivity index (χ0) is 20.1. The molecule has 1 aromatic carbocycles. The molecule has 2 rings (SSSR count). The summed E-state index contributed by atoms with van der Waals surface area (Å²) >= 11 is 0. The maximum absolute atomic E-state index is 12.6. The number of amides is 2. The first-order chi connectivity index (χ1) is 12.7. The van der Waals surface area contributed by atoms with Crippen LogP contribution in [0.3, 0.4) is 0 Å². The second-order valence-electron chi connectivity index (χ2n) is 6.12. The van der Waals surface area contributed by atoms with E-state index in [-0.39, 0.29) is 0 Å². The van der Waals surface area contributed by atoms with Gasteiger partial charge in [-0.05, 0) is 51.1 Å². The van der Waals surface area contributed by atoms with Crippen LogP contribution in [-0.4, -0.2) is 47.2 Å². The number of methoxy groups -OCH3 is 1. The average Bonchev–Trinajstić information content (AvgIpc) is 2.94. The van der Waals surface area contributed by atoms with Gasteiger partial charge in [0, 0.05) is 17.1 Å². The van der Waals surface area contributed by atoms with Gasteiger partial charge in [0.15, 0.2) is 0 Å². The van der Waals surface area contributed by atoms with Crippen LogP contribution in [0.15, 0.2) is 30.3 Å². The molecule has 8 nitrogen and oxygen atoms in total. The predicted molar refractivity (Wildman–Crippen MR) is 99.4 cm³/mol. The van der Waals surface area contributed by atoms with Gasteiger partial charge in [0.05, 0.1) is 12.7 Å². The number of carbonyl (C=O) groups excluding carboxylic acids is 2. The Morgan fingerprint density at radius 3 is 2.37 bits per heavy atom. The maximum Gasteiger partial charge on any atom is 0.322 e.